The highest BCUT2D eigenvalue weighted by Crippen LogP contribution is 2.45. The van der Waals surface area contributed by atoms with Crippen LogP contribution in [0.3, 0.4) is 0 Å². The number of benzene rings is 1. The predicted molar refractivity (Wildman–Crippen MR) is 76.3 cm³/mol. The molecule has 1 fully saturated rings. The average molecular weight is 282 g/mol. The first-order valence-electron chi connectivity index (χ1n) is 6.43. The van der Waals surface area contributed by atoms with E-state index in [1.165, 1.54) is 19.3 Å². The van der Waals surface area contributed by atoms with Crippen LogP contribution in [0.5, 0.6) is 0 Å². The van der Waals surface area contributed by atoms with E-state index in [0.29, 0.717) is 0 Å². The first-order valence-corrected chi connectivity index (χ1v) is 7.80. The second kappa shape index (κ2) is 4.78. The van der Waals surface area contributed by atoms with E-state index in [1.807, 2.05) is 18.2 Å². The summed E-state index contributed by atoms with van der Waals surface area (Å²) in [4.78, 5) is 13.6. The Labute approximate surface area is 116 Å². The molecule has 1 saturated carbocycles. The van der Waals surface area contributed by atoms with Gasteiger partial charge in [0.05, 0.1) is 11.1 Å². The fourth-order valence-corrected chi connectivity index (χ4v) is 4.43. The summed E-state index contributed by atoms with van der Waals surface area (Å²) in [6.07, 6.45) is 5.65. The van der Waals surface area contributed by atoms with Gasteiger partial charge in [-0.15, -0.1) is 11.8 Å². The summed E-state index contributed by atoms with van der Waals surface area (Å²) in [7, 11) is 0. The summed E-state index contributed by atoms with van der Waals surface area (Å²) in [6, 6.07) is 5.69. The van der Waals surface area contributed by atoms with E-state index in [0.717, 1.165) is 34.2 Å². The minimum Gasteiger partial charge on any atom is -0.325 e. The molecule has 18 heavy (non-hydrogen) atoms. The Balaban J connectivity index is 1.92. The highest BCUT2D eigenvalue weighted by Gasteiger charge is 2.41. The monoisotopic (exact) mass is 281 g/mol. The van der Waals surface area contributed by atoms with Crippen molar-refractivity contribution >= 4 is 35.0 Å². The fourth-order valence-electron chi connectivity index (χ4n) is 2.86. The third-order valence-corrected chi connectivity index (χ3v) is 5.57. The molecule has 1 spiro atoms. The maximum absolute atomic E-state index is 12.5. The average Bonchev–Trinajstić information content (AvgIpc) is 2.51. The van der Waals surface area contributed by atoms with Crippen LogP contribution in [0.2, 0.25) is 5.02 Å². The molecule has 3 rings (SSSR count). The lowest BCUT2D eigenvalue weighted by Crippen LogP contribution is -2.39. The number of hydrogen-bond acceptors (Lipinski definition) is 2. The molecule has 1 N–H and O–H groups in total. The van der Waals surface area contributed by atoms with Crippen molar-refractivity contribution in [3.05, 3.63) is 23.2 Å². The number of amides is 1. The molecule has 0 radical (unpaired) electrons. The van der Waals surface area contributed by atoms with Gasteiger partial charge < -0.3 is 5.32 Å². The standard InChI is InChI=1S/C14H16ClNOS/c15-10-4-5-11-12(8-10)18-9-14(13(17)16-11)6-2-1-3-7-14/h4-5,8H,1-3,6-7,9H2,(H,16,17). The van der Waals surface area contributed by atoms with Gasteiger partial charge in [0.2, 0.25) is 5.91 Å². The Bertz CT molecular complexity index is 483. The number of nitrogens with one attached hydrogen (secondary N) is 1. The lowest BCUT2D eigenvalue weighted by molar-refractivity contribution is -0.126. The number of anilines is 1. The van der Waals surface area contributed by atoms with E-state index in [9.17, 15) is 4.79 Å². The van der Waals surface area contributed by atoms with E-state index in [1.54, 1.807) is 11.8 Å². The zero-order chi connectivity index (χ0) is 12.6. The van der Waals surface area contributed by atoms with Crippen LogP contribution in [-0.4, -0.2) is 11.7 Å². The maximum Gasteiger partial charge on any atom is 0.231 e. The largest absolute Gasteiger partial charge is 0.325 e. The smallest absolute Gasteiger partial charge is 0.231 e. The molecule has 0 saturated heterocycles. The Morgan fingerprint density at radius 1 is 1.22 bits per heavy atom. The predicted octanol–water partition coefficient (Wildman–Crippen LogP) is 4.33. The molecule has 1 heterocycles. The third-order valence-electron chi connectivity index (χ3n) is 3.99. The molecule has 1 aromatic carbocycles. The van der Waals surface area contributed by atoms with Gasteiger partial charge in [-0.1, -0.05) is 30.9 Å². The zero-order valence-electron chi connectivity index (χ0n) is 10.2. The maximum atomic E-state index is 12.5. The van der Waals surface area contributed by atoms with Gasteiger partial charge in [0, 0.05) is 15.7 Å². The molecule has 0 aromatic heterocycles. The quantitative estimate of drug-likeness (QED) is 0.767. The topological polar surface area (TPSA) is 29.1 Å². The second-order valence-corrected chi connectivity index (χ2v) is 6.68. The van der Waals surface area contributed by atoms with Crippen molar-refractivity contribution in [3.8, 4) is 0 Å². The number of carbonyl (C=O) groups excluding carboxylic acids is 1. The third kappa shape index (κ3) is 2.14. The van der Waals surface area contributed by atoms with Crippen LogP contribution in [0.25, 0.3) is 0 Å². The Hall–Kier alpha value is -0.670. The molecule has 0 bridgehead atoms. The number of hydrogen-bond donors (Lipinski definition) is 1. The number of fused-ring (bicyclic) bond motifs is 1. The van der Waals surface area contributed by atoms with Crippen molar-refractivity contribution in [2.45, 2.75) is 37.0 Å². The number of thioether (sulfide) groups is 1. The first-order chi connectivity index (χ1) is 8.70. The van der Waals surface area contributed by atoms with Crippen LogP contribution < -0.4 is 5.32 Å². The first kappa shape index (κ1) is 12.4. The SMILES string of the molecule is O=C1Nc2ccc(Cl)cc2SCC12CCCCC2. The summed E-state index contributed by atoms with van der Waals surface area (Å²) in [5, 5.41) is 3.82. The number of rotatable bonds is 0. The van der Waals surface area contributed by atoms with Gasteiger partial charge >= 0.3 is 0 Å². The van der Waals surface area contributed by atoms with E-state index in [-0.39, 0.29) is 11.3 Å². The van der Waals surface area contributed by atoms with Crippen molar-refractivity contribution in [1.29, 1.82) is 0 Å². The minimum atomic E-state index is -0.158. The highest BCUT2D eigenvalue weighted by atomic mass is 35.5. The molecule has 96 valence electrons. The summed E-state index contributed by atoms with van der Waals surface area (Å²) in [5.74, 6) is 1.09. The van der Waals surface area contributed by atoms with Gasteiger partial charge in [0.1, 0.15) is 0 Å². The molecule has 1 aromatic rings. The Morgan fingerprint density at radius 3 is 2.78 bits per heavy atom. The molecule has 4 heteroatoms. The van der Waals surface area contributed by atoms with Crippen molar-refractivity contribution in [3.63, 3.8) is 0 Å². The molecule has 1 amide bonds. The van der Waals surface area contributed by atoms with Crippen molar-refractivity contribution in [2.75, 3.05) is 11.1 Å². The van der Waals surface area contributed by atoms with E-state index in [4.69, 9.17) is 11.6 Å². The van der Waals surface area contributed by atoms with Crippen LogP contribution in [0.15, 0.2) is 23.1 Å². The fraction of sp³-hybridized carbons (Fsp3) is 0.500. The van der Waals surface area contributed by atoms with Crippen molar-refractivity contribution in [2.24, 2.45) is 5.41 Å². The van der Waals surface area contributed by atoms with Gasteiger partial charge in [-0.2, -0.15) is 0 Å². The van der Waals surface area contributed by atoms with E-state index >= 15 is 0 Å². The lowest BCUT2D eigenvalue weighted by Gasteiger charge is -2.33. The Kier molecular flexibility index (Phi) is 3.29. The molecular formula is C14H16ClNOS. The van der Waals surface area contributed by atoms with Gasteiger partial charge in [-0.05, 0) is 31.0 Å². The molecule has 1 aliphatic heterocycles. The minimum absolute atomic E-state index is 0.158. The highest BCUT2D eigenvalue weighted by molar-refractivity contribution is 7.99. The molecule has 1 aliphatic carbocycles. The van der Waals surface area contributed by atoms with Gasteiger partial charge in [-0.25, -0.2) is 0 Å². The summed E-state index contributed by atoms with van der Waals surface area (Å²) < 4.78 is 0. The van der Waals surface area contributed by atoms with Crippen molar-refractivity contribution < 1.29 is 4.79 Å². The molecule has 2 aliphatic rings. The van der Waals surface area contributed by atoms with Crippen LogP contribution >= 0.6 is 23.4 Å². The van der Waals surface area contributed by atoms with Gasteiger partial charge in [0.25, 0.3) is 0 Å². The van der Waals surface area contributed by atoms with E-state index in [2.05, 4.69) is 5.32 Å². The normalized spacial score (nSPS) is 22.2. The van der Waals surface area contributed by atoms with Gasteiger partial charge in [0.15, 0.2) is 0 Å². The molecule has 2 nitrogen and oxygen atoms in total. The van der Waals surface area contributed by atoms with Gasteiger partial charge in [-0.3, -0.25) is 4.79 Å². The summed E-state index contributed by atoms with van der Waals surface area (Å²) >= 11 is 7.78. The summed E-state index contributed by atoms with van der Waals surface area (Å²) in [6.45, 7) is 0. The van der Waals surface area contributed by atoms with Crippen molar-refractivity contribution in [1.82, 2.24) is 0 Å². The summed E-state index contributed by atoms with van der Waals surface area (Å²) in [5.41, 5.74) is 0.755. The number of halogens is 1. The Morgan fingerprint density at radius 2 is 2.00 bits per heavy atom. The van der Waals surface area contributed by atoms with Crippen LogP contribution in [-0.2, 0) is 4.79 Å². The second-order valence-electron chi connectivity index (χ2n) is 5.22. The zero-order valence-corrected chi connectivity index (χ0v) is 11.7. The molecule has 0 atom stereocenters. The van der Waals surface area contributed by atoms with E-state index < -0.39 is 0 Å². The van der Waals surface area contributed by atoms with Crippen LogP contribution in [0.4, 0.5) is 5.69 Å². The van der Waals surface area contributed by atoms with Crippen LogP contribution in [0, 0.1) is 5.41 Å². The number of carbonyl (C=O) groups is 1. The molecular weight excluding hydrogens is 266 g/mol. The molecule has 0 unspecified atom stereocenters. The lowest BCUT2D eigenvalue weighted by atomic mass is 9.75. The van der Waals surface area contributed by atoms with Crippen LogP contribution in [0.1, 0.15) is 32.1 Å².